The molecule has 2 unspecified atom stereocenters. The Labute approximate surface area is 85.7 Å². The normalized spacial score (nSPS) is 29.1. The molecule has 0 bridgehead atoms. The Morgan fingerprint density at radius 3 is 2.50 bits per heavy atom. The van der Waals surface area contributed by atoms with Crippen LogP contribution in [-0.2, 0) is 4.74 Å². The number of nitrogens with zero attached hydrogens (tertiary/aromatic N) is 1. The summed E-state index contributed by atoms with van der Waals surface area (Å²) in [5, 5.41) is 19.3. The molecule has 3 heteroatoms. The Hall–Kier alpha value is -0.590. The molecule has 14 heavy (non-hydrogen) atoms. The number of rotatable bonds is 4. The number of ether oxygens (including phenoxy) is 1. The van der Waals surface area contributed by atoms with E-state index in [1.165, 1.54) is 0 Å². The van der Waals surface area contributed by atoms with Gasteiger partial charge in [0.25, 0.3) is 0 Å². The average Bonchev–Trinajstić information content (AvgIpc) is 2.69. The molecule has 3 nitrogen and oxygen atoms in total. The minimum absolute atomic E-state index is 0.219. The molecule has 1 saturated heterocycles. The quantitative estimate of drug-likeness (QED) is 0.746. The second kappa shape index (κ2) is 4.77. The number of aliphatic hydroxyl groups excluding tert-OH is 1. The van der Waals surface area contributed by atoms with Gasteiger partial charge in [0.1, 0.15) is 5.41 Å². The van der Waals surface area contributed by atoms with E-state index in [-0.39, 0.29) is 5.92 Å². The van der Waals surface area contributed by atoms with Crippen molar-refractivity contribution in [1.82, 2.24) is 0 Å². The van der Waals surface area contributed by atoms with Crippen molar-refractivity contribution >= 4 is 0 Å². The summed E-state index contributed by atoms with van der Waals surface area (Å²) in [7, 11) is 0. The van der Waals surface area contributed by atoms with E-state index in [1.54, 1.807) is 0 Å². The van der Waals surface area contributed by atoms with Gasteiger partial charge in [-0.15, -0.1) is 0 Å². The van der Waals surface area contributed by atoms with Gasteiger partial charge in [0.2, 0.25) is 0 Å². The van der Waals surface area contributed by atoms with Crippen molar-refractivity contribution in [1.29, 1.82) is 5.26 Å². The summed E-state index contributed by atoms with van der Waals surface area (Å²) in [6, 6.07) is 2.25. The minimum Gasteiger partial charge on any atom is -0.391 e. The second-order valence-corrected chi connectivity index (χ2v) is 4.09. The number of aliphatic hydroxyl groups is 1. The highest BCUT2D eigenvalue weighted by molar-refractivity contribution is 5.07. The lowest BCUT2D eigenvalue weighted by molar-refractivity contribution is 0.00393. The van der Waals surface area contributed by atoms with Crippen LogP contribution in [0.15, 0.2) is 0 Å². The molecule has 1 fully saturated rings. The van der Waals surface area contributed by atoms with E-state index in [0.717, 1.165) is 12.8 Å². The van der Waals surface area contributed by atoms with E-state index < -0.39 is 11.5 Å². The summed E-state index contributed by atoms with van der Waals surface area (Å²) >= 11 is 0. The van der Waals surface area contributed by atoms with E-state index in [0.29, 0.717) is 19.6 Å². The monoisotopic (exact) mass is 197 g/mol. The molecule has 1 N–H and O–H groups in total. The highest BCUT2D eigenvalue weighted by atomic mass is 16.5. The van der Waals surface area contributed by atoms with Crippen LogP contribution in [0.4, 0.5) is 0 Å². The van der Waals surface area contributed by atoms with E-state index in [1.807, 2.05) is 0 Å². The molecule has 0 amide bonds. The van der Waals surface area contributed by atoms with Crippen molar-refractivity contribution < 1.29 is 9.84 Å². The largest absolute Gasteiger partial charge is 0.391 e. The summed E-state index contributed by atoms with van der Waals surface area (Å²) in [6.45, 7) is 5.10. The molecular formula is C11H19NO2. The van der Waals surface area contributed by atoms with Gasteiger partial charge in [-0.3, -0.25) is 0 Å². The van der Waals surface area contributed by atoms with Gasteiger partial charge in [0.15, 0.2) is 0 Å². The molecule has 0 saturated carbocycles. The van der Waals surface area contributed by atoms with Crippen LogP contribution >= 0.6 is 0 Å². The summed E-state index contributed by atoms with van der Waals surface area (Å²) in [6.07, 6.45) is 1.97. The Morgan fingerprint density at radius 2 is 2.14 bits per heavy atom. The molecular weight excluding hydrogens is 178 g/mol. The first kappa shape index (κ1) is 11.5. The molecule has 1 aliphatic rings. The Morgan fingerprint density at radius 1 is 1.50 bits per heavy atom. The van der Waals surface area contributed by atoms with Crippen molar-refractivity contribution in [3.63, 3.8) is 0 Å². The summed E-state index contributed by atoms with van der Waals surface area (Å²) in [5.74, 6) is 0.219. The maximum atomic E-state index is 10.2. The maximum Gasteiger partial charge on any atom is 0.109 e. The summed E-state index contributed by atoms with van der Waals surface area (Å²) in [5.41, 5.74) is -0.642. The zero-order valence-electron chi connectivity index (χ0n) is 8.99. The molecule has 0 spiro atoms. The molecule has 80 valence electrons. The Balaban J connectivity index is 2.74. The standard InChI is InChI=1S/C11H19NO2/c1-3-9(4-2)10(13)11(7-12)5-6-14-8-11/h9-10,13H,3-6,8H2,1-2H3. The number of hydrogen-bond donors (Lipinski definition) is 1. The van der Waals surface area contributed by atoms with Gasteiger partial charge in [-0.2, -0.15) is 5.26 Å². The molecule has 1 heterocycles. The summed E-state index contributed by atoms with van der Waals surface area (Å²) < 4.78 is 5.23. The van der Waals surface area contributed by atoms with Gasteiger partial charge in [-0.05, 0) is 12.3 Å². The van der Waals surface area contributed by atoms with Gasteiger partial charge in [-0.25, -0.2) is 0 Å². The molecule has 2 atom stereocenters. The zero-order chi connectivity index (χ0) is 10.6. The third-order valence-corrected chi connectivity index (χ3v) is 3.34. The van der Waals surface area contributed by atoms with Crippen LogP contribution < -0.4 is 0 Å². The smallest absolute Gasteiger partial charge is 0.109 e. The molecule has 0 aromatic carbocycles. The molecule has 0 aliphatic carbocycles. The van der Waals surface area contributed by atoms with E-state index in [4.69, 9.17) is 10.00 Å². The van der Waals surface area contributed by atoms with Gasteiger partial charge < -0.3 is 9.84 Å². The van der Waals surface area contributed by atoms with Crippen LogP contribution in [0.3, 0.4) is 0 Å². The van der Waals surface area contributed by atoms with Crippen molar-refractivity contribution in [2.45, 2.75) is 39.2 Å². The summed E-state index contributed by atoms with van der Waals surface area (Å²) in [4.78, 5) is 0. The average molecular weight is 197 g/mol. The number of nitriles is 1. The first-order valence-corrected chi connectivity index (χ1v) is 5.37. The Bertz CT molecular complexity index is 212. The molecule has 1 aliphatic heterocycles. The van der Waals surface area contributed by atoms with Crippen molar-refractivity contribution in [2.75, 3.05) is 13.2 Å². The molecule has 0 radical (unpaired) electrons. The fourth-order valence-electron chi connectivity index (χ4n) is 2.15. The third kappa shape index (κ3) is 1.92. The zero-order valence-corrected chi connectivity index (χ0v) is 8.99. The van der Waals surface area contributed by atoms with Crippen LogP contribution in [0.25, 0.3) is 0 Å². The van der Waals surface area contributed by atoms with Crippen molar-refractivity contribution in [3.8, 4) is 6.07 Å². The highest BCUT2D eigenvalue weighted by Gasteiger charge is 2.44. The molecule has 1 rings (SSSR count). The van der Waals surface area contributed by atoms with E-state index >= 15 is 0 Å². The van der Waals surface area contributed by atoms with Crippen LogP contribution in [0.2, 0.25) is 0 Å². The van der Waals surface area contributed by atoms with Crippen molar-refractivity contribution in [2.24, 2.45) is 11.3 Å². The second-order valence-electron chi connectivity index (χ2n) is 4.09. The van der Waals surface area contributed by atoms with Gasteiger partial charge in [0, 0.05) is 6.61 Å². The first-order chi connectivity index (χ1) is 6.70. The van der Waals surface area contributed by atoms with Crippen LogP contribution in [0.5, 0.6) is 0 Å². The van der Waals surface area contributed by atoms with Crippen LogP contribution in [-0.4, -0.2) is 24.4 Å². The third-order valence-electron chi connectivity index (χ3n) is 3.34. The highest BCUT2D eigenvalue weighted by Crippen LogP contribution is 2.36. The predicted octanol–water partition coefficient (Wildman–Crippen LogP) is 1.71. The van der Waals surface area contributed by atoms with Gasteiger partial charge in [-0.1, -0.05) is 26.7 Å². The fraction of sp³-hybridized carbons (Fsp3) is 0.909. The number of hydrogen-bond acceptors (Lipinski definition) is 3. The van der Waals surface area contributed by atoms with Gasteiger partial charge >= 0.3 is 0 Å². The first-order valence-electron chi connectivity index (χ1n) is 5.37. The van der Waals surface area contributed by atoms with E-state index in [9.17, 15) is 5.11 Å². The lowest BCUT2D eigenvalue weighted by Gasteiger charge is -2.31. The van der Waals surface area contributed by atoms with E-state index in [2.05, 4.69) is 19.9 Å². The maximum absolute atomic E-state index is 10.2. The molecule has 0 aromatic heterocycles. The molecule has 0 aromatic rings. The predicted molar refractivity (Wildman–Crippen MR) is 53.6 cm³/mol. The lowest BCUT2D eigenvalue weighted by atomic mass is 9.75. The van der Waals surface area contributed by atoms with Crippen LogP contribution in [0.1, 0.15) is 33.1 Å². The fourth-order valence-corrected chi connectivity index (χ4v) is 2.15. The van der Waals surface area contributed by atoms with Crippen molar-refractivity contribution in [3.05, 3.63) is 0 Å². The Kier molecular flexibility index (Phi) is 3.91. The lowest BCUT2D eigenvalue weighted by Crippen LogP contribution is -2.39. The topological polar surface area (TPSA) is 53.2 Å². The SMILES string of the molecule is CCC(CC)C(O)C1(C#N)CCOC1. The van der Waals surface area contributed by atoms with Crippen LogP contribution in [0, 0.1) is 22.7 Å². The minimum atomic E-state index is -0.642. The van der Waals surface area contributed by atoms with Gasteiger partial charge in [0.05, 0.1) is 18.8 Å².